The maximum Gasteiger partial charge on any atom is 0.353 e. The van der Waals surface area contributed by atoms with Crippen molar-refractivity contribution in [3.05, 3.63) is 64.5 Å². The second-order valence-electron chi connectivity index (χ2n) is 6.26. The molecule has 0 radical (unpaired) electrons. The van der Waals surface area contributed by atoms with Gasteiger partial charge in [0.2, 0.25) is 11.6 Å². The Morgan fingerprint density at radius 2 is 1.72 bits per heavy atom. The second-order valence-corrected chi connectivity index (χ2v) is 6.26. The number of esters is 1. The minimum atomic E-state index is -0.617. The maximum absolute atomic E-state index is 12.2. The van der Waals surface area contributed by atoms with E-state index in [2.05, 4.69) is 20.6 Å². The highest BCUT2D eigenvalue weighted by molar-refractivity contribution is 5.97. The van der Waals surface area contributed by atoms with Crippen LogP contribution in [0.2, 0.25) is 0 Å². The van der Waals surface area contributed by atoms with Crippen molar-refractivity contribution >= 4 is 34.7 Å². The quantitative estimate of drug-likeness (QED) is 0.285. The lowest BCUT2D eigenvalue weighted by Crippen LogP contribution is -2.10. The first-order valence-corrected chi connectivity index (χ1v) is 9.50. The molecule has 0 fully saturated rings. The van der Waals surface area contributed by atoms with Crippen LogP contribution >= 0.6 is 0 Å². The number of hydrogen-bond acceptors (Lipinski definition) is 10. The number of carbonyl (C=O) groups is 1. The Labute approximate surface area is 183 Å². The van der Waals surface area contributed by atoms with Crippen molar-refractivity contribution in [1.29, 1.82) is 0 Å². The van der Waals surface area contributed by atoms with Gasteiger partial charge in [-0.15, -0.1) is 0 Å². The minimum absolute atomic E-state index is 0.0652. The number of benzene rings is 2. The molecule has 32 heavy (non-hydrogen) atoms. The van der Waals surface area contributed by atoms with Crippen molar-refractivity contribution in [1.82, 2.24) is 9.97 Å². The molecule has 0 amide bonds. The number of methoxy groups -OCH3 is 2. The van der Waals surface area contributed by atoms with Crippen LogP contribution in [-0.2, 0) is 4.74 Å². The second kappa shape index (κ2) is 10.1. The van der Waals surface area contributed by atoms with Gasteiger partial charge in [-0.3, -0.25) is 10.1 Å². The van der Waals surface area contributed by atoms with Crippen molar-refractivity contribution in [2.24, 2.45) is 0 Å². The van der Waals surface area contributed by atoms with Crippen LogP contribution in [0.4, 0.5) is 28.7 Å². The van der Waals surface area contributed by atoms with Crippen molar-refractivity contribution in [2.45, 2.75) is 6.92 Å². The lowest BCUT2D eigenvalue weighted by Gasteiger charge is -2.14. The molecular formula is C21H21N5O6. The van der Waals surface area contributed by atoms with Gasteiger partial charge in [0.15, 0.2) is 0 Å². The number of carbonyl (C=O) groups excluding carboxylic acids is 1. The van der Waals surface area contributed by atoms with Crippen LogP contribution in [0.3, 0.4) is 0 Å². The van der Waals surface area contributed by atoms with Crippen LogP contribution in [0.1, 0.15) is 17.3 Å². The third kappa shape index (κ3) is 4.83. The molecule has 3 aromatic rings. The molecule has 0 bridgehead atoms. The summed E-state index contributed by atoms with van der Waals surface area (Å²) in [6.45, 7) is 1.88. The van der Waals surface area contributed by atoms with E-state index >= 15 is 0 Å². The van der Waals surface area contributed by atoms with Crippen molar-refractivity contribution in [3.63, 3.8) is 0 Å². The number of nitro groups is 1. The van der Waals surface area contributed by atoms with E-state index < -0.39 is 16.6 Å². The number of para-hydroxylation sites is 1. The first-order chi connectivity index (χ1) is 15.5. The van der Waals surface area contributed by atoms with Crippen molar-refractivity contribution < 1.29 is 23.9 Å². The van der Waals surface area contributed by atoms with Gasteiger partial charge in [0.25, 0.3) is 0 Å². The first kappa shape index (κ1) is 22.3. The summed E-state index contributed by atoms with van der Waals surface area (Å²) in [7, 11) is 2.98. The molecule has 3 rings (SSSR count). The molecule has 11 nitrogen and oxygen atoms in total. The van der Waals surface area contributed by atoms with E-state index in [9.17, 15) is 14.9 Å². The number of aromatic nitrogens is 2. The van der Waals surface area contributed by atoms with Crippen molar-refractivity contribution in [3.8, 4) is 11.5 Å². The van der Waals surface area contributed by atoms with Gasteiger partial charge < -0.3 is 24.8 Å². The van der Waals surface area contributed by atoms with E-state index in [4.69, 9.17) is 14.2 Å². The Bertz CT molecular complexity index is 1140. The number of hydrogen-bond donors (Lipinski definition) is 2. The van der Waals surface area contributed by atoms with Crippen LogP contribution in [0.15, 0.2) is 48.8 Å². The molecule has 0 aliphatic rings. The Morgan fingerprint density at radius 1 is 1.03 bits per heavy atom. The monoisotopic (exact) mass is 439 g/mol. The highest BCUT2D eigenvalue weighted by Crippen LogP contribution is 2.37. The van der Waals surface area contributed by atoms with Crippen LogP contribution in [0.25, 0.3) is 0 Å². The molecule has 11 heteroatoms. The summed E-state index contributed by atoms with van der Waals surface area (Å²) in [5.41, 5.74) is 0.548. The molecule has 2 aromatic carbocycles. The molecule has 0 spiro atoms. The maximum atomic E-state index is 12.2. The number of ether oxygens (including phenoxy) is 3. The Hall–Kier alpha value is -4.41. The zero-order valence-corrected chi connectivity index (χ0v) is 17.6. The molecule has 0 aliphatic carbocycles. The third-order valence-corrected chi connectivity index (χ3v) is 4.34. The average molecular weight is 439 g/mol. The third-order valence-electron chi connectivity index (χ3n) is 4.34. The Morgan fingerprint density at radius 3 is 2.34 bits per heavy atom. The van der Waals surface area contributed by atoms with E-state index in [0.717, 1.165) is 0 Å². The standard InChI is InChI=1S/C21H21N5O6/c1-4-32-21(27)14-7-5-6-8-15(14)24-19-18(26(28)29)20(23-12-22-19)25-16-10-9-13(30-2)11-17(16)31-3/h5-12H,4H2,1-3H3,(H2,22,23,24,25). The van der Waals surface area contributed by atoms with Crippen molar-refractivity contribution in [2.75, 3.05) is 31.5 Å². The van der Waals surface area contributed by atoms with Gasteiger partial charge in [-0.25, -0.2) is 14.8 Å². The summed E-state index contributed by atoms with van der Waals surface area (Å²) in [6, 6.07) is 11.4. The van der Waals surface area contributed by atoms with Crippen LogP contribution in [0, 0.1) is 10.1 Å². The predicted octanol–water partition coefficient (Wildman–Crippen LogP) is 4.07. The van der Waals surface area contributed by atoms with Gasteiger partial charge in [-0.2, -0.15) is 0 Å². The largest absolute Gasteiger partial charge is 0.497 e. The zero-order chi connectivity index (χ0) is 23.1. The number of nitrogens with zero attached hydrogens (tertiary/aromatic N) is 3. The molecule has 0 atom stereocenters. The van der Waals surface area contributed by atoms with E-state index in [1.165, 1.54) is 20.5 Å². The lowest BCUT2D eigenvalue weighted by molar-refractivity contribution is -0.383. The molecule has 0 saturated heterocycles. The molecule has 0 saturated carbocycles. The minimum Gasteiger partial charge on any atom is -0.497 e. The van der Waals surface area contributed by atoms with E-state index in [1.54, 1.807) is 49.4 Å². The topological polar surface area (TPSA) is 138 Å². The van der Waals surface area contributed by atoms with E-state index in [-0.39, 0.29) is 23.8 Å². The highest BCUT2D eigenvalue weighted by Gasteiger charge is 2.25. The van der Waals surface area contributed by atoms with Gasteiger partial charge >= 0.3 is 11.7 Å². The zero-order valence-electron chi connectivity index (χ0n) is 17.6. The summed E-state index contributed by atoms with van der Waals surface area (Å²) in [5, 5.41) is 17.7. The highest BCUT2D eigenvalue weighted by atomic mass is 16.6. The lowest BCUT2D eigenvalue weighted by atomic mass is 10.1. The van der Waals surface area contributed by atoms with Gasteiger partial charge in [-0.05, 0) is 31.2 Å². The van der Waals surface area contributed by atoms with E-state index in [1.807, 2.05) is 0 Å². The Kier molecular flexibility index (Phi) is 7.01. The van der Waals surface area contributed by atoms with Gasteiger partial charge in [0.1, 0.15) is 17.8 Å². The molecule has 2 N–H and O–H groups in total. The van der Waals surface area contributed by atoms with Crippen LogP contribution in [0.5, 0.6) is 11.5 Å². The summed E-state index contributed by atoms with van der Waals surface area (Å²) in [4.78, 5) is 31.6. The fourth-order valence-corrected chi connectivity index (χ4v) is 2.87. The van der Waals surface area contributed by atoms with Gasteiger partial charge in [-0.1, -0.05) is 12.1 Å². The van der Waals surface area contributed by atoms with Crippen LogP contribution in [-0.4, -0.2) is 41.7 Å². The molecule has 0 aliphatic heterocycles. The van der Waals surface area contributed by atoms with Crippen LogP contribution < -0.4 is 20.1 Å². The molecule has 1 aromatic heterocycles. The van der Waals surface area contributed by atoms with Gasteiger partial charge in [0.05, 0.1) is 42.7 Å². The summed E-state index contributed by atoms with van der Waals surface area (Å²) in [5.74, 6) is 0.233. The summed E-state index contributed by atoms with van der Waals surface area (Å²) >= 11 is 0. The molecule has 166 valence electrons. The fourth-order valence-electron chi connectivity index (χ4n) is 2.87. The molecular weight excluding hydrogens is 418 g/mol. The number of anilines is 4. The Balaban J connectivity index is 2.00. The number of nitrogens with one attached hydrogen (secondary N) is 2. The molecule has 0 unspecified atom stereocenters. The SMILES string of the molecule is CCOC(=O)c1ccccc1Nc1ncnc(Nc2ccc(OC)cc2OC)c1[N+](=O)[O-]. The smallest absolute Gasteiger partial charge is 0.353 e. The predicted molar refractivity (Wildman–Crippen MR) is 117 cm³/mol. The summed E-state index contributed by atoms with van der Waals surface area (Å²) < 4.78 is 15.5. The van der Waals surface area contributed by atoms with E-state index in [0.29, 0.717) is 22.9 Å². The first-order valence-electron chi connectivity index (χ1n) is 9.50. The average Bonchev–Trinajstić information content (AvgIpc) is 2.79. The summed E-state index contributed by atoms with van der Waals surface area (Å²) in [6.07, 6.45) is 1.17. The fraction of sp³-hybridized carbons (Fsp3) is 0.190. The van der Waals surface area contributed by atoms with Gasteiger partial charge in [0, 0.05) is 6.07 Å². The normalized spacial score (nSPS) is 10.2. The molecule has 1 heterocycles. The number of rotatable bonds is 9.